The first-order valence-corrected chi connectivity index (χ1v) is 19.3. The van der Waals surface area contributed by atoms with Crippen LogP contribution in [0.5, 0.6) is 0 Å². The van der Waals surface area contributed by atoms with E-state index in [9.17, 15) is 0 Å². The zero-order chi connectivity index (χ0) is 37.5. The van der Waals surface area contributed by atoms with Gasteiger partial charge in [-0.2, -0.15) is 0 Å². The fourth-order valence-electron chi connectivity index (χ4n) is 8.83. The maximum Gasteiger partial charge on any atom is 0.164 e. The summed E-state index contributed by atoms with van der Waals surface area (Å²) in [5.74, 6) is 1.89. The van der Waals surface area contributed by atoms with E-state index in [0.717, 1.165) is 71.7 Å². The smallest absolute Gasteiger partial charge is 0.164 e. The fraction of sp³-hybridized carbons (Fsp3) is 0. The van der Waals surface area contributed by atoms with Crippen LogP contribution >= 0.6 is 0 Å². The molecule has 0 amide bonds. The molecule has 0 aliphatic heterocycles. The number of para-hydroxylation sites is 1. The summed E-state index contributed by atoms with van der Waals surface area (Å²) in [4.78, 5) is 15.4. The first-order valence-electron chi connectivity index (χ1n) is 19.3. The van der Waals surface area contributed by atoms with E-state index < -0.39 is 0 Å². The number of hydrogen-bond acceptors (Lipinski definition) is 4. The topological polar surface area (TPSA) is 51.8 Å². The molecule has 0 saturated heterocycles. The van der Waals surface area contributed by atoms with Crippen molar-refractivity contribution in [3.05, 3.63) is 188 Å². The molecule has 2 heterocycles. The first kappa shape index (κ1) is 31.6. The van der Waals surface area contributed by atoms with Crippen molar-refractivity contribution in [2.24, 2.45) is 0 Å². The summed E-state index contributed by atoms with van der Waals surface area (Å²) in [6.45, 7) is 0. The standard InChI is InChI=1S/C53H31N3O/c1-2-12-32(13-3-1)51-54-52(36-17-8-14-33(28-36)38-30-35-16-10-22-43-41-18-4-5-19-42(41)46(31-38)49(35)43)56-53(55-51)37-26-27-39-34(29-37)15-9-21-40(39)44-23-11-25-48-50(44)45-20-6-7-24-47(45)57-48/h1-31H. The normalized spacial score (nSPS) is 11.9. The summed E-state index contributed by atoms with van der Waals surface area (Å²) in [6.07, 6.45) is 0. The Hall–Kier alpha value is -7.69. The lowest BCUT2D eigenvalue weighted by Crippen LogP contribution is -2.00. The lowest BCUT2D eigenvalue weighted by Gasteiger charge is -2.12. The van der Waals surface area contributed by atoms with Crippen molar-refractivity contribution in [2.75, 3.05) is 0 Å². The Labute approximate surface area is 328 Å². The average molecular weight is 726 g/mol. The van der Waals surface area contributed by atoms with Crippen molar-refractivity contribution < 1.29 is 4.42 Å². The van der Waals surface area contributed by atoms with Crippen LogP contribution in [0.4, 0.5) is 0 Å². The van der Waals surface area contributed by atoms with Crippen LogP contribution in [-0.4, -0.2) is 15.0 Å². The third-order valence-electron chi connectivity index (χ3n) is 11.4. The van der Waals surface area contributed by atoms with Gasteiger partial charge in [-0.3, -0.25) is 0 Å². The Kier molecular flexibility index (Phi) is 6.89. The molecule has 57 heavy (non-hydrogen) atoms. The highest BCUT2D eigenvalue weighted by molar-refractivity contribution is 6.17. The maximum absolute atomic E-state index is 6.25. The van der Waals surface area contributed by atoms with Crippen molar-refractivity contribution in [1.82, 2.24) is 15.0 Å². The van der Waals surface area contributed by atoms with E-state index in [-0.39, 0.29) is 0 Å². The Morgan fingerprint density at radius 1 is 0.281 bits per heavy atom. The number of rotatable bonds is 5. The molecule has 9 aromatic carbocycles. The molecule has 4 heteroatoms. The molecule has 1 aliphatic rings. The van der Waals surface area contributed by atoms with Crippen LogP contribution in [0, 0.1) is 0 Å². The van der Waals surface area contributed by atoms with Gasteiger partial charge >= 0.3 is 0 Å². The summed E-state index contributed by atoms with van der Waals surface area (Å²) in [7, 11) is 0. The van der Waals surface area contributed by atoms with Gasteiger partial charge in [0.1, 0.15) is 11.2 Å². The highest BCUT2D eigenvalue weighted by atomic mass is 16.3. The summed E-state index contributed by atoms with van der Waals surface area (Å²) in [5.41, 5.74) is 14.3. The second-order valence-electron chi connectivity index (χ2n) is 14.7. The summed E-state index contributed by atoms with van der Waals surface area (Å²) in [6, 6.07) is 66.3. The van der Waals surface area contributed by atoms with Crippen LogP contribution in [0.15, 0.2) is 192 Å². The Morgan fingerprint density at radius 2 is 0.842 bits per heavy atom. The van der Waals surface area contributed by atoms with E-state index in [2.05, 4.69) is 152 Å². The largest absolute Gasteiger partial charge is 0.456 e. The zero-order valence-corrected chi connectivity index (χ0v) is 30.6. The van der Waals surface area contributed by atoms with E-state index in [1.165, 1.54) is 33.0 Å². The highest BCUT2D eigenvalue weighted by Crippen LogP contribution is 2.49. The Balaban J connectivity index is 0.988. The minimum atomic E-state index is 0.627. The van der Waals surface area contributed by atoms with Crippen LogP contribution in [0.3, 0.4) is 0 Å². The first-order chi connectivity index (χ1) is 28.2. The summed E-state index contributed by atoms with van der Waals surface area (Å²) < 4.78 is 6.25. The highest BCUT2D eigenvalue weighted by Gasteiger charge is 2.22. The third kappa shape index (κ3) is 5.04. The molecule has 11 aromatic rings. The van der Waals surface area contributed by atoms with Gasteiger partial charge in [0.15, 0.2) is 17.5 Å². The number of hydrogen-bond donors (Lipinski definition) is 0. The van der Waals surface area contributed by atoms with E-state index in [1.54, 1.807) is 0 Å². The van der Waals surface area contributed by atoms with Gasteiger partial charge in [-0.25, -0.2) is 15.0 Å². The lowest BCUT2D eigenvalue weighted by atomic mass is 9.94. The van der Waals surface area contributed by atoms with Crippen molar-refractivity contribution >= 4 is 43.5 Å². The fourth-order valence-corrected chi connectivity index (χ4v) is 8.83. The monoisotopic (exact) mass is 725 g/mol. The zero-order valence-electron chi connectivity index (χ0n) is 30.6. The minimum absolute atomic E-state index is 0.627. The van der Waals surface area contributed by atoms with Gasteiger partial charge in [0, 0.05) is 27.5 Å². The van der Waals surface area contributed by atoms with Gasteiger partial charge in [-0.1, -0.05) is 152 Å². The number of aromatic nitrogens is 3. The van der Waals surface area contributed by atoms with Crippen molar-refractivity contribution in [2.45, 2.75) is 0 Å². The predicted molar refractivity (Wildman–Crippen MR) is 234 cm³/mol. The molecule has 0 radical (unpaired) electrons. The molecule has 0 N–H and O–H groups in total. The lowest BCUT2D eigenvalue weighted by molar-refractivity contribution is 0.669. The average Bonchev–Trinajstić information content (AvgIpc) is 3.83. The molecule has 0 bridgehead atoms. The van der Waals surface area contributed by atoms with Crippen molar-refractivity contribution in [3.8, 4) is 78.7 Å². The van der Waals surface area contributed by atoms with E-state index >= 15 is 0 Å². The van der Waals surface area contributed by atoms with Gasteiger partial charge in [-0.05, 0) is 102 Å². The Morgan fingerprint density at radius 3 is 1.68 bits per heavy atom. The van der Waals surface area contributed by atoms with E-state index in [1.807, 2.05) is 36.4 Å². The van der Waals surface area contributed by atoms with Crippen molar-refractivity contribution in [3.63, 3.8) is 0 Å². The number of furan rings is 1. The molecule has 4 nitrogen and oxygen atoms in total. The van der Waals surface area contributed by atoms with Gasteiger partial charge in [0.2, 0.25) is 0 Å². The second-order valence-corrected chi connectivity index (χ2v) is 14.7. The molecule has 0 unspecified atom stereocenters. The molecule has 264 valence electrons. The molecule has 0 spiro atoms. The number of nitrogens with zero attached hydrogens (tertiary/aromatic N) is 3. The number of fused-ring (bicyclic) bond motifs is 7. The van der Waals surface area contributed by atoms with E-state index in [0.29, 0.717) is 17.5 Å². The Bertz CT molecular complexity index is 3420. The summed E-state index contributed by atoms with van der Waals surface area (Å²) >= 11 is 0. The predicted octanol–water partition coefficient (Wildman–Crippen LogP) is 14.1. The molecular formula is C53H31N3O. The van der Waals surface area contributed by atoms with Crippen molar-refractivity contribution in [1.29, 1.82) is 0 Å². The molecule has 0 atom stereocenters. The van der Waals surface area contributed by atoms with Gasteiger partial charge in [0.25, 0.3) is 0 Å². The molecule has 1 aliphatic carbocycles. The molecule has 12 rings (SSSR count). The second kappa shape index (κ2) is 12.4. The van der Waals surface area contributed by atoms with Crippen LogP contribution in [0.1, 0.15) is 0 Å². The minimum Gasteiger partial charge on any atom is -0.456 e. The number of benzene rings is 9. The molecular weight excluding hydrogens is 695 g/mol. The SMILES string of the molecule is c1ccc(-c2nc(-c3cccc(-c4cc5c6c(cccc6c4)-c4ccccc4-5)c3)nc(-c3ccc4c(-c5cccc6oc7ccccc7c56)cccc4c3)n2)cc1. The molecule has 0 fully saturated rings. The summed E-state index contributed by atoms with van der Waals surface area (Å²) in [5, 5.41) is 7.06. The maximum atomic E-state index is 6.25. The van der Waals surface area contributed by atoms with E-state index in [4.69, 9.17) is 19.4 Å². The quantitative estimate of drug-likeness (QED) is 0.177. The van der Waals surface area contributed by atoms with Crippen LogP contribution in [0.2, 0.25) is 0 Å². The van der Waals surface area contributed by atoms with Crippen LogP contribution < -0.4 is 0 Å². The van der Waals surface area contributed by atoms with Gasteiger partial charge < -0.3 is 4.42 Å². The van der Waals surface area contributed by atoms with Gasteiger partial charge in [0.05, 0.1) is 0 Å². The molecule has 2 aromatic heterocycles. The van der Waals surface area contributed by atoms with Crippen LogP contribution in [0.25, 0.3) is 122 Å². The van der Waals surface area contributed by atoms with Crippen LogP contribution in [-0.2, 0) is 0 Å². The molecule has 0 saturated carbocycles. The third-order valence-corrected chi connectivity index (χ3v) is 11.4. The van der Waals surface area contributed by atoms with Gasteiger partial charge in [-0.15, -0.1) is 0 Å².